The van der Waals surface area contributed by atoms with Crippen molar-refractivity contribution in [2.24, 2.45) is 0 Å². The number of aliphatic hydroxyl groups excluding tert-OH is 1. The molecule has 100 valence electrons. The van der Waals surface area contributed by atoms with Gasteiger partial charge in [-0.05, 0) is 48.9 Å². The van der Waals surface area contributed by atoms with Gasteiger partial charge in [-0.1, -0.05) is 0 Å². The van der Waals surface area contributed by atoms with Crippen LogP contribution in [0.4, 0.5) is 5.82 Å². The van der Waals surface area contributed by atoms with Crippen LogP contribution in [0.3, 0.4) is 0 Å². The first-order valence-electron chi connectivity index (χ1n) is 6.28. The summed E-state index contributed by atoms with van der Waals surface area (Å²) in [6.45, 7) is 2.05. The van der Waals surface area contributed by atoms with E-state index in [-0.39, 0.29) is 6.61 Å². The molecule has 18 heavy (non-hydrogen) atoms. The van der Waals surface area contributed by atoms with E-state index in [0.717, 1.165) is 41.8 Å². The maximum atomic E-state index is 9.42. The smallest absolute Gasteiger partial charge is 0.134 e. The summed E-state index contributed by atoms with van der Waals surface area (Å²) in [5.74, 6) is 0.929. The minimum atomic E-state index is 0.0371. The number of anilines is 1. The number of halogens is 1. The standard InChI is InChI=1S/C13H20BrN3O/c1-16(2)12-3-5-17(6-4-12)13-10(9-18)7-11(14)8-15-13/h7-8,12,18H,3-6,9H2,1-2H3. The maximum absolute atomic E-state index is 9.42. The molecule has 0 aliphatic carbocycles. The number of pyridine rings is 1. The number of hydrogen-bond donors (Lipinski definition) is 1. The van der Waals surface area contributed by atoms with E-state index >= 15 is 0 Å². The Bertz CT molecular complexity index is 403. The van der Waals surface area contributed by atoms with Crippen LogP contribution in [0.5, 0.6) is 0 Å². The quantitative estimate of drug-likeness (QED) is 0.924. The zero-order chi connectivity index (χ0) is 13.1. The molecule has 0 atom stereocenters. The van der Waals surface area contributed by atoms with Gasteiger partial charge in [0.1, 0.15) is 5.82 Å². The lowest BCUT2D eigenvalue weighted by molar-refractivity contribution is 0.248. The number of aliphatic hydroxyl groups is 1. The summed E-state index contributed by atoms with van der Waals surface area (Å²) in [5.41, 5.74) is 0.896. The molecule has 5 heteroatoms. The van der Waals surface area contributed by atoms with Crippen molar-refractivity contribution in [1.29, 1.82) is 0 Å². The minimum Gasteiger partial charge on any atom is -0.392 e. The van der Waals surface area contributed by atoms with Gasteiger partial charge in [-0.2, -0.15) is 0 Å². The molecule has 0 spiro atoms. The minimum absolute atomic E-state index is 0.0371. The molecule has 2 heterocycles. The second-order valence-corrected chi connectivity index (χ2v) is 5.89. The van der Waals surface area contributed by atoms with E-state index in [4.69, 9.17) is 0 Å². The summed E-state index contributed by atoms with van der Waals surface area (Å²) in [4.78, 5) is 9.01. The van der Waals surface area contributed by atoms with Gasteiger partial charge in [0.25, 0.3) is 0 Å². The molecule has 0 radical (unpaired) electrons. The van der Waals surface area contributed by atoms with Gasteiger partial charge in [-0.25, -0.2) is 4.98 Å². The Kier molecular flexibility index (Phi) is 4.59. The third-order valence-corrected chi connectivity index (χ3v) is 4.01. The molecule has 1 aliphatic heterocycles. The molecule has 1 aromatic heterocycles. The first kappa shape index (κ1) is 13.8. The highest BCUT2D eigenvalue weighted by Gasteiger charge is 2.22. The number of piperidine rings is 1. The molecule has 0 bridgehead atoms. The van der Waals surface area contributed by atoms with Gasteiger partial charge in [0.05, 0.1) is 6.61 Å². The van der Waals surface area contributed by atoms with E-state index in [0.29, 0.717) is 6.04 Å². The maximum Gasteiger partial charge on any atom is 0.134 e. The van der Waals surface area contributed by atoms with Crippen LogP contribution in [0.2, 0.25) is 0 Å². The molecule has 0 unspecified atom stereocenters. The summed E-state index contributed by atoms with van der Waals surface area (Å²) in [6, 6.07) is 2.61. The van der Waals surface area contributed by atoms with Crippen molar-refractivity contribution in [2.45, 2.75) is 25.5 Å². The average Bonchev–Trinajstić information content (AvgIpc) is 2.38. The lowest BCUT2D eigenvalue weighted by atomic mass is 10.0. The molecule has 0 aromatic carbocycles. The fraction of sp³-hybridized carbons (Fsp3) is 0.615. The fourth-order valence-electron chi connectivity index (χ4n) is 2.47. The zero-order valence-corrected chi connectivity index (χ0v) is 12.5. The Morgan fingerprint density at radius 1 is 1.44 bits per heavy atom. The van der Waals surface area contributed by atoms with E-state index in [2.05, 4.69) is 44.8 Å². The molecule has 0 amide bonds. The van der Waals surface area contributed by atoms with Gasteiger partial charge in [0.15, 0.2) is 0 Å². The monoisotopic (exact) mass is 313 g/mol. The number of hydrogen-bond acceptors (Lipinski definition) is 4. The molecule has 2 rings (SSSR count). The summed E-state index contributed by atoms with van der Waals surface area (Å²) < 4.78 is 0.915. The summed E-state index contributed by atoms with van der Waals surface area (Å²) in [7, 11) is 4.27. The van der Waals surface area contributed by atoms with E-state index in [9.17, 15) is 5.11 Å². The molecule has 4 nitrogen and oxygen atoms in total. The third-order valence-electron chi connectivity index (χ3n) is 3.57. The van der Waals surface area contributed by atoms with Crippen LogP contribution in [0.15, 0.2) is 16.7 Å². The predicted octanol–water partition coefficient (Wildman–Crippen LogP) is 1.87. The second-order valence-electron chi connectivity index (χ2n) is 4.98. The lowest BCUT2D eigenvalue weighted by Gasteiger charge is -2.36. The van der Waals surface area contributed by atoms with Crippen molar-refractivity contribution in [3.05, 3.63) is 22.3 Å². The predicted molar refractivity (Wildman–Crippen MR) is 76.8 cm³/mol. The first-order valence-corrected chi connectivity index (χ1v) is 7.07. The molecule has 0 saturated carbocycles. The van der Waals surface area contributed by atoms with Crippen molar-refractivity contribution >= 4 is 21.7 Å². The largest absolute Gasteiger partial charge is 0.392 e. The van der Waals surface area contributed by atoms with Crippen LogP contribution in [0, 0.1) is 0 Å². The van der Waals surface area contributed by atoms with Crippen molar-refractivity contribution in [1.82, 2.24) is 9.88 Å². The normalized spacial score (nSPS) is 17.5. The highest BCUT2D eigenvalue weighted by Crippen LogP contribution is 2.25. The summed E-state index contributed by atoms with van der Waals surface area (Å²) in [6.07, 6.45) is 4.09. The highest BCUT2D eigenvalue weighted by atomic mass is 79.9. The van der Waals surface area contributed by atoms with Gasteiger partial charge in [0.2, 0.25) is 0 Å². The fourth-order valence-corrected chi connectivity index (χ4v) is 2.85. The van der Waals surface area contributed by atoms with Crippen molar-refractivity contribution in [2.75, 3.05) is 32.1 Å². The van der Waals surface area contributed by atoms with Gasteiger partial charge in [-0.15, -0.1) is 0 Å². The Hall–Kier alpha value is -0.650. The van der Waals surface area contributed by atoms with Crippen LogP contribution in [-0.2, 0) is 6.61 Å². The molecular formula is C13H20BrN3O. The van der Waals surface area contributed by atoms with Crippen LogP contribution in [0.25, 0.3) is 0 Å². The van der Waals surface area contributed by atoms with Crippen molar-refractivity contribution in [3.8, 4) is 0 Å². The number of rotatable bonds is 3. The van der Waals surface area contributed by atoms with E-state index in [1.807, 2.05) is 6.07 Å². The van der Waals surface area contributed by atoms with Gasteiger partial charge < -0.3 is 14.9 Å². The van der Waals surface area contributed by atoms with Gasteiger partial charge in [-0.3, -0.25) is 0 Å². The Labute approximate surface area is 117 Å². The van der Waals surface area contributed by atoms with E-state index < -0.39 is 0 Å². The van der Waals surface area contributed by atoms with Gasteiger partial charge in [0, 0.05) is 35.4 Å². The molecular weight excluding hydrogens is 294 g/mol. The van der Waals surface area contributed by atoms with Crippen LogP contribution >= 0.6 is 15.9 Å². The lowest BCUT2D eigenvalue weighted by Crippen LogP contribution is -2.42. The Balaban J connectivity index is 2.09. The Morgan fingerprint density at radius 3 is 2.67 bits per heavy atom. The van der Waals surface area contributed by atoms with Crippen LogP contribution < -0.4 is 4.90 Å². The number of aromatic nitrogens is 1. The average molecular weight is 314 g/mol. The van der Waals surface area contributed by atoms with Crippen LogP contribution in [0.1, 0.15) is 18.4 Å². The molecule has 1 saturated heterocycles. The van der Waals surface area contributed by atoms with E-state index in [1.54, 1.807) is 6.20 Å². The van der Waals surface area contributed by atoms with E-state index in [1.165, 1.54) is 0 Å². The zero-order valence-electron chi connectivity index (χ0n) is 10.9. The molecule has 1 fully saturated rings. The molecule has 1 aliphatic rings. The number of nitrogens with zero attached hydrogens (tertiary/aromatic N) is 3. The highest BCUT2D eigenvalue weighted by molar-refractivity contribution is 9.10. The van der Waals surface area contributed by atoms with Crippen molar-refractivity contribution in [3.63, 3.8) is 0 Å². The first-order chi connectivity index (χ1) is 8.61. The molecule has 1 N–H and O–H groups in total. The SMILES string of the molecule is CN(C)C1CCN(c2ncc(Br)cc2CO)CC1. The third kappa shape index (κ3) is 3.02. The Morgan fingerprint density at radius 2 is 2.11 bits per heavy atom. The topological polar surface area (TPSA) is 39.6 Å². The van der Waals surface area contributed by atoms with Crippen molar-refractivity contribution < 1.29 is 5.11 Å². The second kappa shape index (κ2) is 5.99. The molecule has 1 aromatic rings. The van der Waals surface area contributed by atoms with Gasteiger partial charge >= 0.3 is 0 Å². The van der Waals surface area contributed by atoms with Crippen LogP contribution in [-0.4, -0.2) is 48.2 Å². The summed E-state index contributed by atoms with van der Waals surface area (Å²) in [5, 5.41) is 9.42. The summed E-state index contributed by atoms with van der Waals surface area (Å²) >= 11 is 3.39.